The quantitative estimate of drug-likeness (QED) is 0.826. The fourth-order valence-corrected chi connectivity index (χ4v) is 3.41. The number of para-hydroxylation sites is 1. The zero-order chi connectivity index (χ0) is 18.4. The summed E-state index contributed by atoms with van der Waals surface area (Å²) in [5.41, 5.74) is 3.09. The van der Waals surface area contributed by atoms with Crippen molar-refractivity contribution >= 4 is 11.7 Å². The van der Waals surface area contributed by atoms with Crippen LogP contribution in [0.5, 0.6) is 5.75 Å². The Morgan fingerprint density at radius 2 is 1.81 bits per heavy atom. The van der Waals surface area contributed by atoms with Gasteiger partial charge in [0.05, 0.1) is 13.2 Å². The molecule has 1 heterocycles. The molecule has 0 aromatic heterocycles. The lowest BCUT2D eigenvalue weighted by molar-refractivity contribution is 0.227. The van der Waals surface area contributed by atoms with Crippen molar-refractivity contribution in [1.82, 2.24) is 10.2 Å². The number of carbonyl (C=O) groups is 1. The molecule has 0 spiro atoms. The number of hydrogen-bond donors (Lipinski definition) is 2. The van der Waals surface area contributed by atoms with Crippen molar-refractivity contribution in [3.8, 4) is 5.75 Å². The Labute approximate surface area is 155 Å². The van der Waals surface area contributed by atoms with Crippen molar-refractivity contribution < 1.29 is 9.53 Å². The van der Waals surface area contributed by atoms with Crippen LogP contribution in [0.3, 0.4) is 0 Å². The maximum atomic E-state index is 12.4. The Morgan fingerprint density at radius 3 is 2.46 bits per heavy atom. The van der Waals surface area contributed by atoms with Crippen LogP contribution in [0, 0.1) is 6.92 Å². The van der Waals surface area contributed by atoms with Gasteiger partial charge in [-0.1, -0.05) is 30.3 Å². The van der Waals surface area contributed by atoms with Crippen molar-refractivity contribution in [2.24, 2.45) is 0 Å². The van der Waals surface area contributed by atoms with Crippen molar-refractivity contribution in [3.05, 3.63) is 59.7 Å². The minimum atomic E-state index is -0.169. The van der Waals surface area contributed by atoms with Crippen LogP contribution in [0.1, 0.15) is 30.0 Å². The Hall–Kier alpha value is -2.53. The molecule has 0 bridgehead atoms. The molecule has 138 valence electrons. The summed E-state index contributed by atoms with van der Waals surface area (Å²) in [5, 5.41) is 5.98. The molecule has 1 aliphatic heterocycles. The van der Waals surface area contributed by atoms with Gasteiger partial charge >= 0.3 is 6.03 Å². The predicted molar refractivity (Wildman–Crippen MR) is 105 cm³/mol. The molecule has 0 saturated carbocycles. The van der Waals surface area contributed by atoms with E-state index < -0.39 is 0 Å². The fourth-order valence-electron chi connectivity index (χ4n) is 3.41. The minimum absolute atomic E-state index is 0.169. The van der Waals surface area contributed by atoms with E-state index >= 15 is 0 Å². The molecule has 1 saturated heterocycles. The highest BCUT2D eigenvalue weighted by atomic mass is 16.5. The Balaban J connectivity index is 1.65. The first kappa shape index (κ1) is 18.3. The number of likely N-dealkylation sites (tertiary alicyclic amines) is 1. The minimum Gasteiger partial charge on any atom is -0.497 e. The summed E-state index contributed by atoms with van der Waals surface area (Å²) in [7, 11) is 1.67. The highest BCUT2D eigenvalue weighted by Crippen LogP contribution is 2.26. The number of hydrogen-bond acceptors (Lipinski definition) is 3. The van der Waals surface area contributed by atoms with Crippen molar-refractivity contribution in [2.45, 2.75) is 25.8 Å². The van der Waals surface area contributed by atoms with Gasteiger partial charge in [0.1, 0.15) is 5.75 Å². The third kappa shape index (κ3) is 4.55. The van der Waals surface area contributed by atoms with Crippen LogP contribution < -0.4 is 15.4 Å². The van der Waals surface area contributed by atoms with E-state index in [-0.39, 0.29) is 12.1 Å². The van der Waals surface area contributed by atoms with Crippen molar-refractivity contribution in [2.75, 3.05) is 32.1 Å². The molecule has 1 atom stereocenters. The number of carbonyl (C=O) groups excluding carboxylic acids is 1. The van der Waals surface area contributed by atoms with Crippen molar-refractivity contribution in [3.63, 3.8) is 0 Å². The molecule has 2 N–H and O–H groups in total. The average molecular weight is 353 g/mol. The van der Waals surface area contributed by atoms with Gasteiger partial charge in [-0.2, -0.15) is 0 Å². The summed E-state index contributed by atoms with van der Waals surface area (Å²) < 4.78 is 5.26. The molecule has 1 aliphatic rings. The number of nitrogens with zero attached hydrogens (tertiary/aromatic N) is 1. The second kappa shape index (κ2) is 8.72. The molecule has 2 amide bonds. The number of benzene rings is 2. The monoisotopic (exact) mass is 353 g/mol. The average Bonchev–Trinajstić information content (AvgIpc) is 3.19. The maximum absolute atomic E-state index is 12.4. The van der Waals surface area contributed by atoms with Gasteiger partial charge in [0.15, 0.2) is 0 Å². The van der Waals surface area contributed by atoms with Gasteiger partial charge in [0.2, 0.25) is 0 Å². The van der Waals surface area contributed by atoms with Gasteiger partial charge in [0.25, 0.3) is 0 Å². The molecule has 5 nitrogen and oxygen atoms in total. The largest absolute Gasteiger partial charge is 0.497 e. The highest BCUT2D eigenvalue weighted by molar-refractivity contribution is 5.90. The van der Waals surface area contributed by atoms with E-state index in [0.717, 1.165) is 30.1 Å². The summed E-state index contributed by atoms with van der Waals surface area (Å²) >= 11 is 0. The summed E-state index contributed by atoms with van der Waals surface area (Å²) in [6, 6.07) is 15.9. The highest BCUT2D eigenvalue weighted by Gasteiger charge is 2.24. The number of methoxy groups -OCH3 is 1. The molecule has 3 rings (SSSR count). The molecule has 1 fully saturated rings. The standard InChI is InChI=1S/C21H27N3O2/c1-16-7-3-4-8-19(16)23-21(25)22-15-20(24-13-5-6-14-24)17-9-11-18(26-2)12-10-17/h3-4,7-12,20H,5-6,13-15H2,1-2H3,(H2,22,23,25)/t20-/m1/s1. The molecule has 2 aromatic rings. The van der Waals surface area contributed by atoms with E-state index in [4.69, 9.17) is 4.74 Å². The van der Waals surface area contributed by atoms with E-state index in [1.165, 1.54) is 18.4 Å². The van der Waals surface area contributed by atoms with Crippen LogP contribution in [0.15, 0.2) is 48.5 Å². The zero-order valence-electron chi connectivity index (χ0n) is 15.5. The number of nitrogens with one attached hydrogen (secondary N) is 2. The first-order valence-electron chi connectivity index (χ1n) is 9.16. The van der Waals surface area contributed by atoms with E-state index in [9.17, 15) is 4.79 Å². The van der Waals surface area contributed by atoms with Gasteiger partial charge in [0, 0.05) is 12.2 Å². The van der Waals surface area contributed by atoms with Crippen LogP contribution in [0.25, 0.3) is 0 Å². The molecule has 0 radical (unpaired) electrons. The van der Waals surface area contributed by atoms with Gasteiger partial charge in [-0.05, 0) is 62.2 Å². The number of rotatable bonds is 6. The van der Waals surface area contributed by atoms with Crippen LogP contribution in [-0.4, -0.2) is 37.7 Å². The van der Waals surface area contributed by atoms with E-state index in [1.54, 1.807) is 7.11 Å². The van der Waals surface area contributed by atoms with Gasteiger partial charge in [-0.25, -0.2) is 4.79 Å². The molecular weight excluding hydrogens is 326 g/mol. The second-order valence-electron chi connectivity index (χ2n) is 6.68. The Morgan fingerprint density at radius 1 is 1.12 bits per heavy atom. The van der Waals surface area contributed by atoms with Gasteiger partial charge in [-0.15, -0.1) is 0 Å². The topological polar surface area (TPSA) is 53.6 Å². The first-order valence-corrected chi connectivity index (χ1v) is 9.16. The first-order chi connectivity index (χ1) is 12.7. The smallest absolute Gasteiger partial charge is 0.319 e. The van der Waals surface area contributed by atoms with Gasteiger partial charge in [-0.3, -0.25) is 4.90 Å². The number of aryl methyl sites for hydroxylation is 1. The SMILES string of the molecule is COc1ccc([C@@H](CNC(=O)Nc2ccccc2C)N2CCCC2)cc1. The normalized spacial score (nSPS) is 15.5. The molecular formula is C21H27N3O2. The van der Waals surface area contributed by atoms with Crippen molar-refractivity contribution in [1.29, 1.82) is 0 Å². The summed E-state index contributed by atoms with van der Waals surface area (Å²) in [5.74, 6) is 0.846. The maximum Gasteiger partial charge on any atom is 0.319 e. The summed E-state index contributed by atoms with van der Waals surface area (Å²) in [6.45, 7) is 4.69. The lowest BCUT2D eigenvalue weighted by Crippen LogP contribution is -2.38. The Bertz CT molecular complexity index is 724. The number of anilines is 1. The van der Waals surface area contributed by atoms with E-state index in [1.807, 2.05) is 43.3 Å². The third-order valence-corrected chi connectivity index (χ3v) is 4.93. The van der Waals surface area contributed by atoms with Gasteiger partial charge < -0.3 is 15.4 Å². The fraction of sp³-hybridized carbons (Fsp3) is 0.381. The molecule has 0 unspecified atom stereocenters. The lowest BCUT2D eigenvalue weighted by Gasteiger charge is -2.28. The number of urea groups is 1. The predicted octanol–water partition coefficient (Wildman–Crippen LogP) is 3.96. The molecule has 0 aliphatic carbocycles. The summed E-state index contributed by atoms with van der Waals surface area (Å²) in [6.07, 6.45) is 2.42. The molecule has 5 heteroatoms. The van der Waals surface area contributed by atoms with Crippen LogP contribution >= 0.6 is 0 Å². The molecule has 2 aromatic carbocycles. The number of amides is 2. The summed E-state index contributed by atoms with van der Waals surface area (Å²) in [4.78, 5) is 14.8. The van der Waals surface area contributed by atoms with Crippen LogP contribution in [-0.2, 0) is 0 Å². The second-order valence-corrected chi connectivity index (χ2v) is 6.68. The number of ether oxygens (including phenoxy) is 1. The third-order valence-electron chi connectivity index (χ3n) is 4.93. The van der Waals surface area contributed by atoms with E-state index in [2.05, 4.69) is 27.7 Å². The Kier molecular flexibility index (Phi) is 6.12. The zero-order valence-corrected chi connectivity index (χ0v) is 15.5. The lowest BCUT2D eigenvalue weighted by atomic mass is 10.1. The molecule has 26 heavy (non-hydrogen) atoms. The van der Waals surface area contributed by atoms with Crippen LogP contribution in [0.4, 0.5) is 10.5 Å². The van der Waals surface area contributed by atoms with E-state index in [0.29, 0.717) is 6.54 Å². The van der Waals surface area contributed by atoms with Crippen LogP contribution in [0.2, 0.25) is 0 Å².